The Morgan fingerprint density at radius 3 is 2.82 bits per heavy atom. The van der Waals surface area contributed by atoms with E-state index < -0.39 is 5.82 Å². The number of rotatable bonds is 2. The van der Waals surface area contributed by atoms with Crippen LogP contribution >= 0.6 is 0 Å². The Labute approximate surface area is 98.8 Å². The highest BCUT2D eigenvalue weighted by Gasteiger charge is 2.41. The number of benzene rings is 1. The molecule has 0 unspecified atom stereocenters. The van der Waals surface area contributed by atoms with Crippen LogP contribution in [0.2, 0.25) is 0 Å². The van der Waals surface area contributed by atoms with Crippen molar-refractivity contribution in [3.63, 3.8) is 0 Å². The largest absolute Gasteiger partial charge is 0.507 e. The third-order valence-electron chi connectivity index (χ3n) is 3.19. The lowest BCUT2D eigenvalue weighted by molar-refractivity contribution is 0.0398. The molecular formula is C12H15FN2O2. The Kier molecular flexibility index (Phi) is 2.79. The van der Waals surface area contributed by atoms with Crippen LogP contribution in [-0.4, -0.2) is 34.5 Å². The average molecular weight is 238 g/mol. The standard InChI is InChI=1S/C12H15FN2O2/c1-2-12(14)6-15(7-12)11(17)9-5-8(13)3-4-10(9)16/h3-5,16H,2,6-7,14H2,1H3. The number of nitrogens with zero attached hydrogens (tertiary/aromatic N) is 1. The zero-order chi connectivity index (χ0) is 12.6. The molecule has 92 valence electrons. The third kappa shape index (κ3) is 2.10. The minimum Gasteiger partial charge on any atom is -0.507 e. The van der Waals surface area contributed by atoms with Gasteiger partial charge in [-0.05, 0) is 24.6 Å². The lowest BCUT2D eigenvalue weighted by Gasteiger charge is -2.47. The van der Waals surface area contributed by atoms with Crippen molar-refractivity contribution in [3.8, 4) is 5.75 Å². The molecule has 1 aromatic carbocycles. The molecule has 1 aliphatic rings. The number of hydrogen-bond acceptors (Lipinski definition) is 3. The zero-order valence-corrected chi connectivity index (χ0v) is 9.61. The number of amides is 1. The van der Waals surface area contributed by atoms with Gasteiger partial charge in [0.25, 0.3) is 5.91 Å². The number of nitrogens with two attached hydrogens (primary N) is 1. The first-order valence-electron chi connectivity index (χ1n) is 5.52. The molecule has 0 spiro atoms. The minimum absolute atomic E-state index is 0.0110. The van der Waals surface area contributed by atoms with E-state index in [1.165, 1.54) is 11.0 Å². The monoisotopic (exact) mass is 238 g/mol. The maximum Gasteiger partial charge on any atom is 0.257 e. The molecule has 0 aromatic heterocycles. The highest BCUT2D eigenvalue weighted by atomic mass is 19.1. The predicted molar refractivity (Wildman–Crippen MR) is 61.2 cm³/mol. The first-order chi connectivity index (χ1) is 7.95. The number of phenolic OH excluding ortho intramolecular Hbond substituents is 1. The summed E-state index contributed by atoms with van der Waals surface area (Å²) in [6.07, 6.45) is 0.784. The van der Waals surface area contributed by atoms with Gasteiger partial charge < -0.3 is 15.7 Å². The van der Waals surface area contributed by atoms with Gasteiger partial charge in [-0.25, -0.2) is 4.39 Å². The SMILES string of the molecule is CCC1(N)CN(C(=O)c2cc(F)ccc2O)C1. The zero-order valence-electron chi connectivity index (χ0n) is 9.61. The van der Waals surface area contributed by atoms with E-state index in [4.69, 9.17) is 5.73 Å². The van der Waals surface area contributed by atoms with Crippen molar-refractivity contribution in [2.24, 2.45) is 5.73 Å². The Morgan fingerprint density at radius 2 is 2.24 bits per heavy atom. The fraction of sp³-hybridized carbons (Fsp3) is 0.417. The predicted octanol–water partition coefficient (Wildman–Crippen LogP) is 1.09. The van der Waals surface area contributed by atoms with Crippen LogP contribution < -0.4 is 5.73 Å². The molecule has 2 rings (SSSR count). The first kappa shape index (κ1) is 11.9. The Bertz CT molecular complexity index is 456. The molecule has 1 fully saturated rings. The maximum absolute atomic E-state index is 13.0. The normalized spacial score (nSPS) is 17.7. The van der Waals surface area contributed by atoms with Gasteiger partial charge in [-0.3, -0.25) is 4.79 Å². The topological polar surface area (TPSA) is 66.6 Å². The van der Waals surface area contributed by atoms with Crippen LogP contribution in [0.5, 0.6) is 5.75 Å². The van der Waals surface area contributed by atoms with Gasteiger partial charge in [-0.1, -0.05) is 6.92 Å². The summed E-state index contributed by atoms with van der Waals surface area (Å²) in [6.45, 7) is 2.85. The molecule has 17 heavy (non-hydrogen) atoms. The third-order valence-corrected chi connectivity index (χ3v) is 3.19. The number of carbonyl (C=O) groups is 1. The summed E-state index contributed by atoms with van der Waals surface area (Å²) < 4.78 is 13.0. The summed E-state index contributed by atoms with van der Waals surface area (Å²) in [4.78, 5) is 13.5. The van der Waals surface area contributed by atoms with Crippen LogP contribution in [0, 0.1) is 5.82 Å². The number of aromatic hydroxyl groups is 1. The van der Waals surface area contributed by atoms with Gasteiger partial charge in [0, 0.05) is 13.1 Å². The van der Waals surface area contributed by atoms with E-state index in [0.29, 0.717) is 13.1 Å². The number of hydrogen-bond donors (Lipinski definition) is 2. The minimum atomic E-state index is -0.541. The molecule has 1 aliphatic heterocycles. The van der Waals surface area contributed by atoms with Crippen molar-refractivity contribution in [1.29, 1.82) is 0 Å². The molecule has 0 radical (unpaired) electrons. The molecule has 0 bridgehead atoms. The molecule has 0 atom stereocenters. The lowest BCUT2D eigenvalue weighted by Crippen LogP contribution is -2.68. The highest BCUT2D eigenvalue weighted by molar-refractivity contribution is 5.97. The van der Waals surface area contributed by atoms with E-state index in [0.717, 1.165) is 18.6 Å². The summed E-state index contributed by atoms with van der Waals surface area (Å²) in [5.74, 6) is -1.12. The van der Waals surface area contributed by atoms with Crippen molar-refractivity contribution >= 4 is 5.91 Å². The smallest absolute Gasteiger partial charge is 0.257 e. The molecule has 1 heterocycles. The lowest BCUT2D eigenvalue weighted by atomic mass is 9.87. The second-order valence-corrected chi connectivity index (χ2v) is 4.54. The van der Waals surface area contributed by atoms with E-state index in [9.17, 15) is 14.3 Å². The van der Waals surface area contributed by atoms with Crippen molar-refractivity contribution in [3.05, 3.63) is 29.6 Å². The van der Waals surface area contributed by atoms with Crippen LogP contribution in [0.25, 0.3) is 0 Å². The van der Waals surface area contributed by atoms with E-state index in [1.807, 2.05) is 6.92 Å². The van der Waals surface area contributed by atoms with Crippen LogP contribution in [0.3, 0.4) is 0 Å². The molecule has 4 nitrogen and oxygen atoms in total. The second-order valence-electron chi connectivity index (χ2n) is 4.54. The fourth-order valence-corrected chi connectivity index (χ4v) is 1.93. The van der Waals surface area contributed by atoms with Crippen molar-refractivity contribution < 1.29 is 14.3 Å². The molecule has 1 aromatic rings. The van der Waals surface area contributed by atoms with E-state index in [-0.39, 0.29) is 22.8 Å². The number of halogens is 1. The summed E-state index contributed by atoms with van der Waals surface area (Å²) in [5, 5.41) is 9.52. The molecule has 5 heteroatoms. The molecular weight excluding hydrogens is 223 g/mol. The van der Waals surface area contributed by atoms with E-state index in [2.05, 4.69) is 0 Å². The van der Waals surface area contributed by atoms with E-state index in [1.54, 1.807) is 0 Å². The molecule has 1 saturated heterocycles. The fourth-order valence-electron chi connectivity index (χ4n) is 1.93. The highest BCUT2D eigenvalue weighted by Crippen LogP contribution is 2.26. The van der Waals surface area contributed by atoms with Gasteiger partial charge >= 0.3 is 0 Å². The van der Waals surface area contributed by atoms with Crippen LogP contribution in [0.1, 0.15) is 23.7 Å². The average Bonchev–Trinajstić information content (AvgIpc) is 2.27. The second kappa shape index (κ2) is 4.00. The summed E-state index contributed by atoms with van der Waals surface area (Å²) in [5.41, 5.74) is 5.60. The summed E-state index contributed by atoms with van der Waals surface area (Å²) >= 11 is 0. The molecule has 0 aliphatic carbocycles. The van der Waals surface area contributed by atoms with Crippen LogP contribution in [0.15, 0.2) is 18.2 Å². The van der Waals surface area contributed by atoms with Crippen molar-refractivity contribution in [2.45, 2.75) is 18.9 Å². The summed E-state index contributed by atoms with van der Waals surface area (Å²) in [6, 6.07) is 3.33. The van der Waals surface area contributed by atoms with Gasteiger partial charge in [0.15, 0.2) is 0 Å². The summed E-state index contributed by atoms with van der Waals surface area (Å²) in [7, 11) is 0. The maximum atomic E-state index is 13.0. The van der Waals surface area contributed by atoms with Crippen LogP contribution in [-0.2, 0) is 0 Å². The Hall–Kier alpha value is -1.62. The number of likely N-dealkylation sites (tertiary alicyclic amines) is 1. The molecule has 0 saturated carbocycles. The molecule has 1 amide bonds. The van der Waals surface area contributed by atoms with Gasteiger partial charge in [0.2, 0.25) is 0 Å². The number of carbonyl (C=O) groups excluding carboxylic acids is 1. The van der Waals surface area contributed by atoms with Gasteiger partial charge in [0.05, 0.1) is 11.1 Å². The van der Waals surface area contributed by atoms with E-state index >= 15 is 0 Å². The van der Waals surface area contributed by atoms with Crippen molar-refractivity contribution in [2.75, 3.05) is 13.1 Å². The Morgan fingerprint density at radius 1 is 1.59 bits per heavy atom. The van der Waals surface area contributed by atoms with Gasteiger partial charge in [0.1, 0.15) is 11.6 Å². The molecule has 3 N–H and O–H groups in total. The van der Waals surface area contributed by atoms with Gasteiger partial charge in [-0.15, -0.1) is 0 Å². The van der Waals surface area contributed by atoms with Gasteiger partial charge in [-0.2, -0.15) is 0 Å². The number of phenols is 1. The quantitative estimate of drug-likeness (QED) is 0.810. The first-order valence-corrected chi connectivity index (χ1v) is 5.52. The van der Waals surface area contributed by atoms with Crippen LogP contribution in [0.4, 0.5) is 4.39 Å². The van der Waals surface area contributed by atoms with Crippen molar-refractivity contribution in [1.82, 2.24) is 4.90 Å². The Balaban J connectivity index is 2.14.